The predicted octanol–water partition coefficient (Wildman–Crippen LogP) is -18.5. The molecule has 1 amide bonds. The lowest BCUT2D eigenvalue weighted by Gasteiger charge is -2.53. The van der Waals surface area contributed by atoms with Gasteiger partial charge in [-0.2, -0.15) is 0 Å². The van der Waals surface area contributed by atoms with Gasteiger partial charge < -0.3 is 210 Å². The van der Waals surface area contributed by atoms with Crippen molar-refractivity contribution in [1.29, 1.82) is 0 Å². The third-order valence-corrected chi connectivity index (χ3v) is 17.8. The number of nitrogens with one attached hydrogen (secondary N) is 1. The topological polar surface area (TPSA) is 767 Å². The molecule has 1 unspecified atom stereocenters. The zero-order valence-electron chi connectivity index (χ0n) is 51.7. The summed E-state index contributed by atoms with van der Waals surface area (Å²) >= 11 is 0. The summed E-state index contributed by atoms with van der Waals surface area (Å²) in [5.41, 5.74) is 0. The van der Waals surface area contributed by atoms with E-state index in [4.69, 9.17) is 61.6 Å². The van der Waals surface area contributed by atoms with E-state index >= 15 is 0 Å². The Bertz CT molecular complexity index is 2620. The summed E-state index contributed by atoms with van der Waals surface area (Å²) in [6, 6.07) is -1.79. The normalized spacial score (nSPS) is 46.5. The lowest BCUT2D eigenvalue weighted by Crippen LogP contribution is -2.71. The average molecular weight is 1460 g/mol. The van der Waals surface area contributed by atoms with Crippen LogP contribution in [0.15, 0.2) is 0 Å². The van der Waals surface area contributed by atoms with Crippen LogP contribution in [0, 0.1) is 0 Å². The number of rotatable bonds is 29. The van der Waals surface area contributed by atoms with E-state index < -0.39 is 321 Å². The van der Waals surface area contributed by atoms with Crippen molar-refractivity contribution in [2.24, 2.45) is 0 Å². The van der Waals surface area contributed by atoms with Gasteiger partial charge in [0.1, 0.15) is 165 Å². The third-order valence-electron chi connectivity index (χ3n) is 17.8. The van der Waals surface area contributed by atoms with Crippen LogP contribution in [0.3, 0.4) is 0 Å². The van der Waals surface area contributed by atoms with Crippen molar-refractivity contribution in [3.8, 4) is 0 Å². The van der Waals surface area contributed by atoms with Crippen molar-refractivity contribution in [2.45, 2.75) is 258 Å². The Balaban J connectivity index is 1.31. The van der Waals surface area contributed by atoms with E-state index in [2.05, 4.69) is 5.32 Å². The minimum absolute atomic E-state index is 0.912. The third kappa shape index (κ3) is 17.2. The van der Waals surface area contributed by atoms with Crippen LogP contribution >= 0.6 is 0 Å². The zero-order valence-corrected chi connectivity index (χ0v) is 51.7. The minimum Gasteiger partial charge on any atom is -0.477 e. The van der Waals surface area contributed by atoms with Crippen LogP contribution in [0.25, 0.3) is 0 Å². The van der Waals surface area contributed by atoms with Crippen LogP contribution in [0.2, 0.25) is 0 Å². The van der Waals surface area contributed by atoms with Crippen LogP contribution < -0.4 is 5.32 Å². The number of aliphatic carboxylic acids is 3. The molecular formula is C53H87NO45. The van der Waals surface area contributed by atoms with Gasteiger partial charge in [-0.15, -0.1) is 0 Å². The highest BCUT2D eigenvalue weighted by Crippen LogP contribution is 2.44. The van der Waals surface area contributed by atoms with Crippen LogP contribution in [0.1, 0.15) is 26.2 Å². The highest BCUT2D eigenvalue weighted by atomic mass is 16.8. The number of carboxylic acids is 3. The van der Waals surface area contributed by atoms with Crippen molar-refractivity contribution in [2.75, 3.05) is 46.2 Å². The van der Waals surface area contributed by atoms with Gasteiger partial charge in [0.05, 0.1) is 70.6 Å². The van der Waals surface area contributed by atoms with Crippen molar-refractivity contribution in [3.05, 3.63) is 0 Å². The molecule has 0 aliphatic carbocycles. The van der Waals surface area contributed by atoms with E-state index in [1.807, 2.05) is 0 Å². The molecular weight excluding hydrogens is 1370 g/mol. The molecule has 7 saturated heterocycles. The van der Waals surface area contributed by atoms with Gasteiger partial charge in [-0.3, -0.25) is 4.79 Å². The van der Waals surface area contributed by atoms with Crippen LogP contribution in [-0.2, 0) is 80.8 Å². The smallest absolute Gasteiger partial charge is 0.364 e. The van der Waals surface area contributed by atoms with Gasteiger partial charge in [-0.1, -0.05) is 0 Å². The van der Waals surface area contributed by atoms with E-state index in [9.17, 15) is 162 Å². The summed E-state index contributed by atoms with van der Waals surface area (Å²) in [7, 11) is 0. The molecule has 0 aromatic rings. The summed E-state index contributed by atoms with van der Waals surface area (Å²) in [5.74, 6) is -18.2. The standard InChI is InChI=1S/C53H87NO45/c1-12(62)54-23-13(63)2-53(50(84)85,98-39(23)25(71)15(65)5-55)99-41-27(73)22(11-61)88-45(32(41)78)92-40-30(76)34(16(66)6-56)89-46(31(40)77)93-42-33(79)47(90-36(18(68)8-58)43(42)94-44-29(75)28(74)26(72)21(10-60)87-44)91-38-20(4-51(86,48(80)81)96-37(38)19(69)9-59)95-52(49(82)83)3-14(64)24(70)35(97-52)17(67)7-57/h13-47,55-61,63-79,86H,2-11H2,1H3,(H,54,62)(H,80,81)(H,82,83)(H,84,85)/t13-,14+,15+,16?,17+,18-,19+,20+,21+,22+,23+,24+,25+,26+,27-,28-,29+,30+,31-,32+,33-,34+,35+,36+,37+,38+,39+,40-,41-,42+,43+,44-,45-,46+,47+,51+,52+,53-/m0/s1. The molecule has 38 atom stereocenters. The second kappa shape index (κ2) is 34.1. The first-order valence-corrected chi connectivity index (χ1v) is 30.5. The number of carboxylic acid groups (broad SMARTS) is 3. The quantitative estimate of drug-likeness (QED) is 0.0331. The lowest BCUT2D eigenvalue weighted by molar-refractivity contribution is -0.417. The fourth-order valence-corrected chi connectivity index (χ4v) is 12.4. The highest BCUT2D eigenvalue weighted by molar-refractivity contribution is 5.77. The number of carbonyl (C=O) groups excluding carboxylic acids is 1. The molecule has 7 heterocycles. The maximum Gasteiger partial charge on any atom is 0.364 e. The SMILES string of the molecule is CC(=O)N[C@H]1[C@H]([C@H](O)[C@H](O)CO)O[C@@](O[C@H]2[C@@H](O)[C@@H](CO)O[C@@H](O[C@@H]3[C@H](O)[C@@H](O[C@@H]4[C@H](O)[C@@H](O[C@H]5[C@@H]([C@H](O)CO)O[C@@](O)(C(=O)O)C[C@H]5O[C@]5(C(=O)O)C[C@@H](O)[C@@H](O)[C@@H]([C@H](O)CO)O5)O[C@H]([C@@H](O)CO)[C@H]4O[C@@H]4O[C@H](CO)[C@@H](O)[C@H](O)[C@H]4O)O[C@H](C(O)CO)[C@H]3O)[C@@H]2O)(C(=O)O)C[C@@H]1O. The number of carbonyl (C=O) groups is 4. The summed E-state index contributed by atoms with van der Waals surface area (Å²) in [6.07, 6.45) is -87.2. The molecule has 29 N–H and O–H groups in total. The van der Waals surface area contributed by atoms with Gasteiger partial charge in [0.25, 0.3) is 17.4 Å². The molecule has 46 heteroatoms. The second-order valence-corrected chi connectivity index (χ2v) is 24.6. The van der Waals surface area contributed by atoms with Crippen molar-refractivity contribution in [3.63, 3.8) is 0 Å². The minimum atomic E-state index is -3.65. The lowest BCUT2D eigenvalue weighted by atomic mass is 9.88. The van der Waals surface area contributed by atoms with Gasteiger partial charge in [0, 0.05) is 26.2 Å². The molecule has 0 aromatic carbocycles. The summed E-state index contributed by atoms with van der Waals surface area (Å²) in [5, 5.41) is 308. The first-order chi connectivity index (χ1) is 46.4. The van der Waals surface area contributed by atoms with Gasteiger partial charge in [0.2, 0.25) is 5.91 Å². The van der Waals surface area contributed by atoms with Crippen molar-refractivity contribution < 1.29 is 224 Å². The molecule has 0 spiro atoms. The molecule has 99 heavy (non-hydrogen) atoms. The van der Waals surface area contributed by atoms with E-state index in [0.29, 0.717) is 0 Å². The highest BCUT2D eigenvalue weighted by Gasteiger charge is 2.65. The van der Waals surface area contributed by atoms with E-state index in [1.165, 1.54) is 0 Å². The van der Waals surface area contributed by atoms with E-state index in [-0.39, 0.29) is 0 Å². The molecule has 0 saturated carbocycles. The number of aliphatic hydroxyl groups excluding tert-OH is 24. The maximum atomic E-state index is 13.3. The van der Waals surface area contributed by atoms with Crippen LogP contribution in [0.4, 0.5) is 0 Å². The van der Waals surface area contributed by atoms with Crippen LogP contribution in [0.5, 0.6) is 0 Å². The Kier molecular flexibility index (Phi) is 28.4. The summed E-state index contributed by atoms with van der Waals surface area (Å²) in [6.45, 7) is -8.43. The first-order valence-electron chi connectivity index (χ1n) is 30.5. The fraction of sp³-hybridized carbons (Fsp3) is 0.925. The Morgan fingerprint density at radius 1 is 0.424 bits per heavy atom. The van der Waals surface area contributed by atoms with Gasteiger partial charge >= 0.3 is 17.9 Å². The van der Waals surface area contributed by atoms with E-state index in [1.54, 1.807) is 0 Å². The molecule has 7 aliphatic heterocycles. The van der Waals surface area contributed by atoms with E-state index in [0.717, 1.165) is 6.92 Å². The van der Waals surface area contributed by atoms with Crippen LogP contribution in [-0.4, -0.2) is 445 Å². The number of ether oxygens (including phenoxy) is 13. The number of hydrogen-bond acceptors (Lipinski definition) is 42. The maximum absolute atomic E-state index is 13.3. The zero-order chi connectivity index (χ0) is 74.0. The predicted molar refractivity (Wildman–Crippen MR) is 295 cm³/mol. The molecule has 574 valence electrons. The molecule has 7 fully saturated rings. The Labute approximate surface area is 556 Å². The van der Waals surface area contributed by atoms with Gasteiger partial charge in [-0.05, 0) is 0 Å². The average Bonchev–Trinajstić information content (AvgIpc) is 0.753. The number of hydrogen-bond donors (Lipinski definition) is 29. The van der Waals surface area contributed by atoms with Crippen molar-refractivity contribution in [1.82, 2.24) is 5.32 Å². The molecule has 0 aromatic heterocycles. The summed E-state index contributed by atoms with van der Waals surface area (Å²) < 4.78 is 74.5. The van der Waals surface area contributed by atoms with Gasteiger partial charge in [-0.25, -0.2) is 14.4 Å². The molecule has 0 bridgehead atoms. The fourth-order valence-electron chi connectivity index (χ4n) is 12.4. The monoisotopic (exact) mass is 1460 g/mol. The second-order valence-electron chi connectivity index (χ2n) is 24.6. The molecule has 7 rings (SSSR count). The molecule has 0 radical (unpaired) electrons. The number of aliphatic hydroxyl groups is 25. The Morgan fingerprint density at radius 2 is 0.869 bits per heavy atom. The Hall–Kier alpha value is -3.64. The molecule has 7 aliphatic rings. The Morgan fingerprint density at radius 3 is 1.40 bits per heavy atom. The first kappa shape index (κ1) is 82.6. The summed E-state index contributed by atoms with van der Waals surface area (Å²) in [4.78, 5) is 51.4. The molecule has 46 nitrogen and oxygen atoms in total. The van der Waals surface area contributed by atoms with Crippen molar-refractivity contribution >= 4 is 23.8 Å². The number of amides is 1. The van der Waals surface area contributed by atoms with Gasteiger partial charge in [0.15, 0.2) is 25.2 Å². The largest absolute Gasteiger partial charge is 0.477 e.